The maximum atomic E-state index is 13.6. The van der Waals surface area contributed by atoms with Crippen molar-refractivity contribution in [3.63, 3.8) is 0 Å². The first kappa shape index (κ1) is 32.9. The predicted octanol–water partition coefficient (Wildman–Crippen LogP) is 5.75. The molecule has 0 aliphatic heterocycles. The number of ketones is 1. The first-order valence-electron chi connectivity index (χ1n) is 13.1. The molecule has 0 aliphatic carbocycles. The second-order valence-corrected chi connectivity index (χ2v) is 9.72. The van der Waals surface area contributed by atoms with Crippen molar-refractivity contribution in [3.05, 3.63) is 81.5 Å². The highest BCUT2D eigenvalue weighted by Crippen LogP contribution is 2.31. The summed E-state index contributed by atoms with van der Waals surface area (Å²) >= 11 is 0. The molecule has 0 fully saturated rings. The van der Waals surface area contributed by atoms with Gasteiger partial charge >= 0.3 is 6.18 Å². The van der Waals surface area contributed by atoms with Gasteiger partial charge < -0.3 is 24.1 Å². The number of methoxy groups -OCH3 is 3. The van der Waals surface area contributed by atoms with E-state index in [1.54, 1.807) is 45.0 Å². The molecule has 0 saturated carbocycles. The number of benzene rings is 1. The van der Waals surface area contributed by atoms with E-state index in [0.717, 1.165) is 22.5 Å². The normalized spacial score (nSPS) is 12.5. The lowest BCUT2D eigenvalue weighted by atomic mass is 10.0. The molecule has 13 heteroatoms. The molecule has 3 aromatic rings. The Morgan fingerprint density at radius 3 is 2.21 bits per heavy atom. The van der Waals surface area contributed by atoms with Gasteiger partial charge in [0, 0.05) is 61.1 Å². The summed E-state index contributed by atoms with van der Waals surface area (Å²) in [6, 6.07) is 7.32. The number of allylic oxidation sites excluding steroid dienone is 3. The highest BCUT2D eigenvalue weighted by molar-refractivity contribution is 6.01. The van der Waals surface area contributed by atoms with Crippen molar-refractivity contribution < 1.29 is 32.2 Å². The molecular formula is C30H34F3N5O5. The van der Waals surface area contributed by atoms with E-state index in [-0.39, 0.29) is 30.4 Å². The van der Waals surface area contributed by atoms with E-state index < -0.39 is 23.2 Å². The van der Waals surface area contributed by atoms with Crippen LogP contribution >= 0.6 is 0 Å². The second-order valence-electron chi connectivity index (χ2n) is 9.72. The average molecular weight is 602 g/mol. The topological polar surface area (TPSA) is 109 Å². The molecule has 0 atom stereocenters. The molecule has 1 N–H and O–H groups in total. The third-order valence-corrected chi connectivity index (χ3v) is 6.03. The number of halogens is 3. The van der Waals surface area contributed by atoms with Gasteiger partial charge in [0.25, 0.3) is 5.56 Å². The van der Waals surface area contributed by atoms with Crippen molar-refractivity contribution >= 4 is 28.7 Å². The third kappa shape index (κ3) is 8.44. The minimum atomic E-state index is -4.70. The molecule has 43 heavy (non-hydrogen) atoms. The minimum absolute atomic E-state index is 0.00278. The number of Topliss-reactive ketones (excluding diaryl/α,β-unsaturated/α-hetero) is 1. The number of rotatable bonds is 11. The van der Waals surface area contributed by atoms with Crippen LogP contribution in [0.4, 0.5) is 18.9 Å². The van der Waals surface area contributed by atoms with Gasteiger partial charge in [0.15, 0.2) is 17.3 Å². The first-order valence-corrected chi connectivity index (χ1v) is 13.1. The molecule has 0 aliphatic rings. The number of carbonyl (C=O) groups excluding carboxylic acids is 1. The summed E-state index contributed by atoms with van der Waals surface area (Å²) in [7, 11) is 4.48. The summed E-state index contributed by atoms with van der Waals surface area (Å²) in [5, 5.41) is 6.88. The van der Waals surface area contributed by atoms with Crippen molar-refractivity contribution in [2.45, 2.75) is 40.4 Å². The monoisotopic (exact) mass is 601 g/mol. The SMILES string of the molecule is COCCn1cc(/C(C=C(C)C)=C(/N=C(\C)Nc2cc(OC)cc(OC)c2)n2ccc(C(F)(F)F)n2)cc(C(C)=O)c1=O. The largest absolute Gasteiger partial charge is 0.497 e. The van der Waals surface area contributed by atoms with Crippen LogP contribution in [0.3, 0.4) is 0 Å². The van der Waals surface area contributed by atoms with E-state index in [2.05, 4.69) is 15.4 Å². The molecule has 0 saturated heterocycles. The Morgan fingerprint density at radius 1 is 1.05 bits per heavy atom. The van der Waals surface area contributed by atoms with Crippen LogP contribution in [0, 0.1) is 0 Å². The molecule has 230 valence electrons. The molecule has 0 radical (unpaired) electrons. The van der Waals surface area contributed by atoms with Crippen molar-refractivity contribution in [3.8, 4) is 11.5 Å². The Balaban J connectivity index is 2.36. The van der Waals surface area contributed by atoms with Crippen LogP contribution in [0.1, 0.15) is 49.3 Å². The van der Waals surface area contributed by atoms with Gasteiger partial charge in [0.1, 0.15) is 17.3 Å². The second kappa shape index (κ2) is 14.0. The number of aromatic nitrogens is 3. The van der Waals surface area contributed by atoms with Crippen molar-refractivity contribution in [1.82, 2.24) is 14.3 Å². The van der Waals surface area contributed by atoms with E-state index in [4.69, 9.17) is 14.2 Å². The summed E-state index contributed by atoms with van der Waals surface area (Å²) in [4.78, 5) is 30.1. The quantitative estimate of drug-likeness (QED) is 0.129. The standard InChI is InChI=1S/C30H34F3N5O5/c1-18(2)12-26(21-13-25(19(3)39)29(40)37(17-21)10-11-41-5)28(38-9-8-27(36-38)30(31,32)33)35-20(4)34-22-14-23(42-6)16-24(15-22)43-7/h8-9,12-17H,10-11H2,1-7H3,(H,34,35)/b28-26-. The van der Waals surface area contributed by atoms with E-state index in [1.165, 1.54) is 45.1 Å². The molecule has 2 aromatic heterocycles. The summed E-state index contributed by atoms with van der Waals surface area (Å²) < 4.78 is 58.9. The van der Waals surface area contributed by atoms with Crippen molar-refractivity contribution in [2.75, 3.05) is 33.3 Å². The molecule has 0 spiro atoms. The highest BCUT2D eigenvalue weighted by atomic mass is 19.4. The number of amidine groups is 1. The van der Waals surface area contributed by atoms with E-state index in [0.29, 0.717) is 28.3 Å². The van der Waals surface area contributed by atoms with Crippen molar-refractivity contribution in [2.24, 2.45) is 4.99 Å². The summed E-state index contributed by atoms with van der Waals surface area (Å²) in [6.07, 6.45) is -0.340. The van der Waals surface area contributed by atoms with Gasteiger partial charge in [-0.05, 0) is 39.8 Å². The number of nitrogens with one attached hydrogen (secondary N) is 1. The Morgan fingerprint density at radius 2 is 1.70 bits per heavy atom. The van der Waals surface area contributed by atoms with Gasteiger partial charge in [0.2, 0.25) is 0 Å². The smallest absolute Gasteiger partial charge is 0.435 e. The zero-order chi connectivity index (χ0) is 31.9. The summed E-state index contributed by atoms with van der Waals surface area (Å²) in [5.41, 5.74) is 0.270. The number of hydrogen-bond donors (Lipinski definition) is 1. The zero-order valence-corrected chi connectivity index (χ0v) is 25.0. The van der Waals surface area contributed by atoms with Crippen LogP contribution in [0.25, 0.3) is 11.4 Å². The fourth-order valence-electron chi connectivity index (χ4n) is 4.06. The Labute approximate surface area is 247 Å². The average Bonchev–Trinajstić information content (AvgIpc) is 3.45. The Kier molecular flexibility index (Phi) is 10.7. The van der Waals surface area contributed by atoms with Gasteiger partial charge in [-0.3, -0.25) is 9.59 Å². The maximum absolute atomic E-state index is 13.6. The van der Waals surface area contributed by atoms with Gasteiger partial charge in [0.05, 0.1) is 26.4 Å². The summed E-state index contributed by atoms with van der Waals surface area (Å²) in [5.74, 6) is 0.833. The third-order valence-electron chi connectivity index (χ3n) is 6.03. The number of aliphatic imine (C=N–C) groups is 1. The Bertz CT molecular complexity index is 1610. The van der Waals surface area contributed by atoms with E-state index >= 15 is 0 Å². The maximum Gasteiger partial charge on any atom is 0.435 e. The fourth-order valence-corrected chi connectivity index (χ4v) is 4.06. The first-order chi connectivity index (χ1) is 20.3. The predicted molar refractivity (Wildman–Crippen MR) is 159 cm³/mol. The summed E-state index contributed by atoms with van der Waals surface area (Å²) in [6.45, 7) is 6.82. The minimum Gasteiger partial charge on any atom is -0.497 e. The van der Waals surface area contributed by atoms with Gasteiger partial charge in [-0.2, -0.15) is 18.3 Å². The van der Waals surface area contributed by atoms with Crippen LogP contribution < -0.4 is 20.3 Å². The lowest BCUT2D eigenvalue weighted by molar-refractivity contribution is -0.141. The molecule has 0 bridgehead atoms. The van der Waals surface area contributed by atoms with Crippen LogP contribution in [-0.2, 0) is 17.5 Å². The van der Waals surface area contributed by atoms with Crippen molar-refractivity contribution in [1.29, 1.82) is 0 Å². The van der Waals surface area contributed by atoms with Gasteiger partial charge in [-0.25, -0.2) is 9.67 Å². The lowest BCUT2D eigenvalue weighted by Gasteiger charge is -2.16. The van der Waals surface area contributed by atoms with E-state index in [9.17, 15) is 22.8 Å². The fraction of sp³-hybridized carbons (Fsp3) is 0.333. The number of pyridine rings is 1. The number of hydrogen-bond acceptors (Lipinski definition) is 7. The van der Waals surface area contributed by atoms with Gasteiger partial charge in [-0.15, -0.1) is 0 Å². The highest BCUT2D eigenvalue weighted by Gasteiger charge is 2.34. The molecule has 1 aromatic carbocycles. The zero-order valence-electron chi connectivity index (χ0n) is 25.0. The molecule has 0 amide bonds. The molecular weight excluding hydrogens is 567 g/mol. The van der Waals surface area contributed by atoms with Gasteiger partial charge in [-0.1, -0.05) is 11.6 Å². The molecule has 3 rings (SSSR count). The van der Waals surface area contributed by atoms with E-state index in [1.807, 2.05) is 0 Å². The lowest BCUT2D eigenvalue weighted by Crippen LogP contribution is -2.27. The molecule has 10 nitrogen and oxygen atoms in total. The number of ether oxygens (including phenoxy) is 3. The Hall–Kier alpha value is -4.65. The van der Waals surface area contributed by atoms with Crippen LogP contribution in [0.15, 0.2) is 64.2 Å². The number of carbonyl (C=O) groups is 1. The number of nitrogens with zero attached hydrogens (tertiary/aromatic N) is 4. The molecule has 2 heterocycles. The van der Waals surface area contributed by atoms with Crippen LogP contribution in [-0.4, -0.2) is 53.9 Å². The number of alkyl halides is 3. The van der Waals surface area contributed by atoms with Crippen LogP contribution in [0.5, 0.6) is 11.5 Å². The molecule has 0 unspecified atom stereocenters. The van der Waals surface area contributed by atoms with Crippen LogP contribution in [0.2, 0.25) is 0 Å². The number of anilines is 1.